The minimum absolute atomic E-state index is 0. The Hall–Kier alpha value is -4.69. The second kappa shape index (κ2) is 17.6. The van der Waals surface area contributed by atoms with Gasteiger partial charge in [0.05, 0.1) is 19.3 Å². The third-order valence-electron chi connectivity index (χ3n) is 8.91. The molecule has 8 N–H and O–H groups in total. The van der Waals surface area contributed by atoms with Gasteiger partial charge in [0.1, 0.15) is 6.04 Å². The molecule has 14 heteroatoms. The Balaban J connectivity index is 0.00000541. The van der Waals surface area contributed by atoms with Gasteiger partial charge in [-0.2, -0.15) is 5.21 Å². The summed E-state index contributed by atoms with van der Waals surface area (Å²) in [5.74, 6) is -0.121. The van der Waals surface area contributed by atoms with Crippen LogP contribution in [-0.2, 0) is 16.0 Å². The first-order valence-electron chi connectivity index (χ1n) is 16.2. The van der Waals surface area contributed by atoms with E-state index in [0.717, 1.165) is 53.5 Å². The number of anilines is 1. The van der Waals surface area contributed by atoms with Gasteiger partial charge < -0.3 is 31.9 Å². The molecule has 0 unspecified atom stereocenters. The van der Waals surface area contributed by atoms with Gasteiger partial charge in [-0.25, -0.2) is 0 Å². The van der Waals surface area contributed by atoms with Gasteiger partial charge >= 0.3 is 0 Å². The van der Waals surface area contributed by atoms with Crippen LogP contribution < -0.4 is 21.7 Å². The summed E-state index contributed by atoms with van der Waals surface area (Å²) in [6.07, 6.45) is 3.58. The van der Waals surface area contributed by atoms with Crippen LogP contribution in [-0.4, -0.2) is 80.4 Å². The summed E-state index contributed by atoms with van der Waals surface area (Å²) in [5.41, 5.74) is 11.2. The van der Waals surface area contributed by atoms with E-state index in [2.05, 4.69) is 36.6 Å². The maximum atomic E-state index is 13.6. The smallest absolute Gasteiger partial charge is 0.251 e. The number of hydrogen-bond acceptors (Lipinski definition) is 9. The average Bonchev–Trinajstić information content (AvgIpc) is 3.66. The highest BCUT2D eigenvalue weighted by atomic mass is 35.5. The van der Waals surface area contributed by atoms with Crippen LogP contribution in [0.3, 0.4) is 0 Å². The number of benzene rings is 3. The molecule has 49 heavy (non-hydrogen) atoms. The Morgan fingerprint density at radius 1 is 0.918 bits per heavy atom. The quantitative estimate of drug-likeness (QED) is 0.110. The van der Waals surface area contributed by atoms with Crippen molar-refractivity contribution in [2.75, 3.05) is 25.1 Å². The van der Waals surface area contributed by atoms with Crippen molar-refractivity contribution >= 4 is 35.8 Å². The lowest BCUT2D eigenvalue weighted by molar-refractivity contribution is -0.130. The second-order valence-electron chi connectivity index (χ2n) is 12.3. The van der Waals surface area contributed by atoms with Gasteiger partial charge in [0.25, 0.3) is 5.91 Å². The van der Waals surface area contributed by atoms with Crippen molar-refractivity contribution in [3.05, 3.63) is 83.4 Å². The Bertz CT molecular complexity index is 1670. The Kier molecular flexibility index (Phi) is 13.4. The van der Waals surface area contributed by atoms with Gasteiger partial charge in [0.2, 0.25) is 17.6 Å². The molecule has 0 bridgehead atoms. The number of aromatic amines is 1. The summed E-state index contributed by atoms with van der Waals surface area (Å²) in [7, 11) is 0. The maximum absolute atomic E-state index is 13.6. The molecule has 0 saturated heterocycles. The highest BCUT2D eigenvalue weighted by Gasteiger charge is 2.29. The minimum atomic E-state index is -0.811. The fourth-order valence-electron chi connectivity index (χ4n) is 5.98. The molecule has 0 spiro atoms. The molecule has 13 nitrogen and oxygen atoms in total. The third kappa shape index (κ3) is 9.70. The molecule has 260 valence electrons. The summed E-state index contributed by atoms with van der Waals surface area (Å²) in [6, 6.07) is 18.6. The van der Waals surface area contributed by atoms with Crippen molar-refractivity contribution in [1.29, 1.82) is 0 Å². The number of tetrazole rings is 1. The maximum Gasteiger partial charge on any atom is 0.251 e. The molecule has 3 aromatic carbocycles. The molecular formula is C35H43ClN8O5. The number of nitrogens with zero attached hydrogens (tertiary/aromatic N) is 3. The topological polar surface area (TPSA) is 208 Å². The number of aryl methyl sites for hydroxylation is 1. The number of carbonyl (C=O) groups excluding carboxylic acids is 3. The average molecular weight is 691 g/mol. The number of H-pyrrole nitrogens is 1. The standard InChI is InChI=1S/C35H42N8O5.ClH/c1-21-16-27(34(47)38-29(19-44)20-45)12-15-30(21)24-6-2-22(3-7-24)17-31(39-33(46)26-8-4-23(18-36)5-9-26)35(48)37-28-13-10-25(11-14-28)32-40-42-43-41-32;/h2-3,6-7,10-16,23,26,29,31,44-45H,4-5,8-9,17-20,36H2,1H3,(H,37,48)(H,38,47)(H,39,46)(H,40,41,42,43);1H/t23-,26-,31-;/m0./s1. The zero-order valence-electron chi connectivity index (χ0n) is 27.3. The Morgan fingerprint density at radius 2 is 1.59 bits per heavy atom. The molecule has 1 saturated carbocycles. The van der Waals surface area contributed by atoms with E-state index in [9.17, 15) is 24.6 Å². The largest absolute Gasteiger partial charge is 0.394 e. The van der Waals surface area contributed by atoms with E-state index in [0.29, 0.717) is 29.5 Å². The molecule has 4 aromatic rings. The highest BCUT2D eigenvalue weighted by molar-refractivity contribution is 5.98. The number of aromatic nitrogens is 4. The molecular weight excluding hydrogens is 648 g/mol. The molecule has 1 aliphatic rings. The van der Waals surface area contributed by atoms with Crippen molar-refractivity contribution in [2.45, 2.75) is 51.1 Å². The zero-order valence-corrected chi connectivity index (χ0v) is 28.1. The van der Waals surface area contributed by atoms with Gasteiger partial charge in [-0.15, -0.1) is 22.6 Å². The monoisotopic (exact) mass is 690 g/mol. The third-order valence-corrected chi connectivity index (χ3v) is 8.91. The number of halogens is 1. The predicted octanol–water partition coefficient (Wildman–Crippen LogP) is 2.78. The van der Waals surface area contributed by atoms with Gasteiger partial charge in [0.15, 0.2) is 0 Å². The molecule has 1 aliphatic carbocycles. The van der Waals surface area contributed by atoms with E-state index in [4.69, 9.17) is 5.73 Å². The first-order chi connectivity index (χ1) is 23.3. The van der Waals surface area contributed by atoms with Crippen molar-refractivity contribution < 1.29 is 24.6 Å². The van der Waals surface area contributed by atoms with Crippen molar-refractivity contribution in [2.24, 2.45) is 17.6 Å². The Morgan fingerprint density at radius 3 is 2.18 bits per heavy atom. The fraction of sp³-hybridized carbons (Fsp3) is 0.371. The lowest BCUT2D eigenvalue weighted by Gasteiger charge is -2.28. The normalized spacial score (nSPS) is 16.3. The van der Waals surface area contributed by atoms with Crippen LogP contribution >= 0.6 is 12.4 Å². The number of rotatable bonds is 13. The highest BCUT2D eigenvalue weighted by Crippen LogP contribution is 2.29. The SMILES string of the molecule is Cc1cc(C(=O)NC(CO)CO)ccc1-c1ccc(C[C@H](NC(=O)[C@H]2CC[C@H](CN)CC2)C(=O)Nc2ccc(-c3nn[nH]n3)cc2)cc1.Cl. The minimum Gasteiger partial charge on any atom is -0.394 e. The number of aliphatic hydroxyl groups excluding tert-OH is 2. The fourth-order valence-corrected chi connectivity index (χ4v) is 5.98. The lowest BCUT2D eigenvalue weighted by Crippen LogP contribution is -2.48. The summed E-state index contributed by atoms with van der Waals surface area (Å²) < 4.78 is 0. The van der Waals surface area contributed by atoms with Crippen LogP contribution in [0.4, 0.5) is 5.69 Å². The van der Waals surface area contributed by atoms with Crippen LogP contribution in [0, 0.1) is 18.8 Å². The number of carbonyl (C=O) groups is 3. The van der Waals surface area contributed by atoms with Crippen LogP contribution in [0.2, 0.25) is 0 Å². The molecule has 1 aromatic heterocycles. The van der Waals surface area contributed by atoms with E-state index in [-0.39, 0.29) is 55.7 Å². The van der Waals surface area contributed by atoms with Crippen molar-refractivity contribution in [1.82, 2.24) is 31.3 Å². The van der Waals surface area contributed by atoms with E-state index in [1.807, 2.05) is 37.3 Å². The first-order valence-corrected chi connectivity index (χ1v) is 16.2. The summed E-state index contributed by atoms with van der Waals surface area (Å²) >= 11 is 0. The number of nitrogens with one attached hydrogen (secondary N) is 4. The van der Waals surface area contributed by atoms with Gasteiger partial charge in [-0.05, 0) is 109 Å². The summed E-state index contributed by atoms with van der Waals surface area (Å²) in [6.45, 7) is 1.81. The molecule has 0 aliphatic heterocycles. The molecule has 3 amide bonds. The van der Waals surface area contributed by atoms with Gasteiger partial charge in [-0.3, -0.25) is 14.4 Å². The second-order valence-corrected chi connectivity index (χ2v) is 12.3. The van der Waals surface area contributed by atoms with E-state index < -0.39 is 12.1 Å². The Labute approximate surface area is 290 Å². The van der Waals surface area contributed by atoms with E-state index in [1.165, 1.54) is 0 Å². The van der Waals surface area contributed by atoms with E-state index >= 15 is 0 Å². The molecule has 1 heterocycles. The van der Waals surface area contributed by atoms with Crippen molar-refractivity contribution in [3.8, 4) is 22.5 Å². The molecule has 5 rings (SSSR count). The summed E-state index contributed by atoms with van der Waals surface area (Å²) in [5, 5.41) is 41.1. The molecule has 1 fully saturated rings. The number of amides is 3. The van der Waals surface area contributed by atoms with E-state index in [1.54, 1.807) is 36.4 Å². The lowest BCUT2D eigenvalue weighted by atomic mass is 9.81. The zero-order chi connectivity index (χ0) is 34.0. The van der Waals surface area contributed by atoms with Crippen LogP contribution in [0.1, 0.15) is 47.2 Å². The van der Waals surface area contributed by atoms with Crippen LogP contribution in [0.5, 0.6) is 0 Å². The predicted molar refractivity (Wildman–Crippen MR) is 188 cm³/mol. The molecule has 0 radical (unpaired) electrons. The van der Waals surface area contributed by atoms with Gasteiger partial charge in [-0.1, -0.05) is 30.3 Å². The molecule has 1 atom stereocenters. The first kappa shape index (κ1) is 37.1. The van der Waals surface area contributed by atoms with Crippen LogP contribution in [0.15, 0.2) is 66.7 Å². The van der Waals surface area contributed by atoms with Crippen molar-refractivity contribution in [3.63, 3.8) is 0 Å². The van der Waals surface area contributed by atoms with Crippen LogP contribution in [0.25, 0.3) is 22.5 Å². The van der Waals surface area contributed by atoms with Gasteiger partial charge in [0, 0.05) is 29.2 Å². The number of hydrogen-bond donors (Lipinski definition) is 7. The summed E-state index contributed by atoms with van der Waals surface area (Å²) in [4.78, 5) is 39.6. The number of aliphatic hydroxyl groups is 2. The number of nitrogens with two attached hydrogens (primary N) is 1.